The van der Waals surface area contributed by atoms with Gasteiger partial charge < -0.3 is 9.47 Å². The number of rotatable bonds is 7. The molecular weight excluding hydrogens is 833 g/mol. The molecule has 14 rings (SSSR count). The summed E-state index contributed by atoms with van der Waals surface area (Å²) in [4.78, 5) is 2.53. The molecule has 0 saturated carbocycles. The largest absolute Gasteiger partial charge is 0.309 e. The zero-order valence-electron chi connectivity index (χ0n) is 37.8. The molecule has 0 radical (unpaired) electrons. The van der Waals surface area contributed by atoms with Crippen LogP contribution in [-0.2, 0) is 5.41 Å². The second-order valence-electron chi connectivity index (χ2n) is 18.4. The maximum absolute atomic E-state index is 2.53. The van der Waals surface area contributed by atoms with Crippen LogP contribution in [0.3, 0.4) is 0 Å². The van der Waals surface area contributed by atoms with Crippen LogP contribution in [0.5, 0.6) is 0 Å². The van der Waals surface area contributed by atoms with Crippen molar-refractivity contribution in [1.29, 1.82) is 0 Å². The van der Waals surface area contributed by atoms with E-state index >= 15 is 0 Å². The van der Waals surface area contributed by atoms with Crippen LogP contribution in [0.4, 0.5) is 17.1 Å². The van der Waals surface area contributed by atoms with Crippen molar-refractivity contribution in [2.75, 3.05) is 4.90 Å². The van der Waals surface area contributed by atoms with Gasteiger partial charge in [0.25, 0.3) is 0 Å². The fourth-order valence-corrected chi connectivity index (χ4v) is 11.9. The van der Waals surface area contributed by atoms with Gasteiger partial charge in [-0.15, -0.1) is 0 Å². The lowest BCUT2D eigenvalue weighted by Crippen LogP contribution is -2.28. The molecule has 12 aromatic carbocycles. The minimum absolute atomic E-state index is 0.529. The first-order chi connectivity index (χ1) is 34.3. The van der Waals surface area contributed by atoms with Crippen LogP contribution >= 0.6 is 0 Å². The Morgan fingerprint density at radius 1 is 0.333 bits per heavy atom. The van der Waals surface area contributed by atoms with Crippen LogP contribution < -0.4 is 4.90 Å². The van der Waals surface area contributed by atoms with Crippen molar-refractivity contribution in [1.82, 2.24) is 4.57 Å². The molecule has 1 aliphatic rings. The maximum atomic E-state index is 2.53. The van der Waals surface area contributed by atoms with Crippen LogP contribution in [0.25, 0.3) is 82.1 Å². The lowest BCUT2D eigenvalue weighted by atomic mass is 9.68. The Morgan fingerprint density at radius 3 is 1.67 bits per heavy atom. The molecule has 13 aromatic rings. The van der Waals surface area contributed by atoms with Crippen molar-refractivity contribution >= 4 is 71.2 Å². The van der Waals surface area contributed by atoms with Crippen molar-refractivity contribution in [2.45, 2.75) is 5.41 Å². The van der Waals surface area contributed by atoms with E-state index in [1.807, 2.05) is 0 Å². The number of hydrogen-bond acceptors (Lipinski definition) is 1. The van der Waals surface area contributed by atoms with E-state index in [1.54, 1.807) is 0 Å². The lowest BCUT2D eigenvalue weighted by Gasteiger charge is -2.34. The first kappa shape index (κ1) is 39.2. The average molecular weight is 877 g/mol. The molecule has 0 aliphatic heterocycles. The van der Waals surface area contributed by atoms with Gasteiger partial charge in [0.15, 0.2) is 0 Å². The van der Waals surface area contributed by atoms with Crippen LogP contribution in [0.15, 0.2) is 267 Å². The molecule has 2 nitrogen and oxygen atoms in total. The fourth-order valence-electron chi connectivity index (χ4n) is 11.9. The summed E-state index contributed by atoms with van der Waals surface area (Å²) < 4.78 is 2.45. The highest BCUT2D eigenvalue weighted by molar-refractivity contribution is 6.19. The highest BCUT2D eigenvalue weighted by Crippen LogP contribution is 2.60. The van der Waals surface area contributed by atoms with E-state index in [1.165, 1.54) is 93.1 Å². The molecule has 2 heteroatoms. The summed E-state index contributed by atoms with van der Waals surface area (Å²) >= 11 is 0. The van der Waals surface area contributed by atoms with Gasteiger partial charge in [0.05, 0.1) is 27.8 Å². The highest BCUT2D eigenvalue weighted by Gasteiger charge is 2.47. The van der Waals surface area contributed by atoms with E-state index in [9.17, 15) is 0 Å². The summed E-state index contributed by atoms with van der Waals surface area (Å²) in [6, 6.07) is 98.7. The molecule has 1 heterocycles. The number of hydrogen-bond donors (Lipinski definition) is 0. The van der Waals surface area contributed by atoms with Crippen LogP contribution in [0.1, 0.15) is 22.3 Å². The number of anilines is 3. The average Bonchev–Trinajstić information content (AvgIpc) is 3.93. The van der Waals surface area contributed by atoms with Crippen molar-refractivity contribution in [3.8, 4) is 27.9 Å². The van der Waals surface area contributed by atoms with Gasteiger partial charge in [-0.2, -0.15) is 0 Å². The normalized spacial score (nSPS) is 12.8. The molecular formula is C67H44N2. The lowest BCUT2D eigenvalue weighted by molar-refractivity contribution is 0.768. The van der Waals surface area contributed by atoms with E-state index in [4.69, 9.17) is 0 Å². The molecule has 0 amide bonds. The molecule has 0 fully saturated rings. The van der Waals surface area contributed by atoms with E-state index in [-0.39, 0.29) is 0 Å². The molecule has 69 heavy (non-hydrogen) atoms. The Labute approximate surface area is 401 Å². The summed E-state index contributed by atoms with van der Waals surface area (Å²) in [5, 5.41) is 9.89. The number of aromatic nitrogens is 1. The molecule has 1 aromatic heterocycles. The second kappa shape index (κ2) is 15.6. The van der Waals surface area contributed by atoms with Gasteiger partial charge in [0.1, 0.15) is 0 Å². The third-order valence-corrected chi connectivity index (χ3v) is 14.8. The van der Waals surface area contributed by atoms with Crippen LogP contribution in [0.2, 0.25) is 0 Å². The molecule has 1 aliphatic carbocycles. The van der Waals surface area contributed by atoms with Gasteiger partial charge in [-0.1, -0.05) is 224 Å². The van der Waals surface area contributed by atoms with Crippen molar-refractivity contribution in [2.24, 2.45) is 0 Å². The Balaban J connectivity index is 1.01. The number of benzene rings is 12. The quantitative estimate of drug-likeness (QED) is 0.145. The first-order valence-corrected chi connectivity index (χ1v) is 23.9. The SMILES string of the molecule is c1ccc(-n2c3cc(-c4ccc(N(c5cccc6c5-c5ccccc5C6(c5ccccc5)c5ccccc5)c5cc6ccccc6c6ccccc56)cc4)ccc3c3ccc4ccccc4c32)cc1. The number of nitrogens with zero attached hydrogens (tertiary/aromatic N) is 2. The van der Waals surface area contributed by atoms with E-state index in [0.717, 1.165) is 28.3 Å². The summed E-state index contributed by atoms with van der Waals surface area (Å²) in [6.45, 7) is 0. The number of para-hydroxylation sites is 1. The summed E-state index contributed by atoms with van der Waals surface area (Å²) in [5.41, 5.74) is 16.3. The van der Waals surface area contributed by atoms with Crippen molar-refractivity contribution in [3.05, 3.63) is 289 Å². The minimum Gasteiger partial charge on any atom is -0.309 e. The van der Waals surface area contributed by atoms with Crippen LogP contribution in [0, 0.1) is 0 Å². The van der Waals surface area contributed by atoms with Gasteiger partial charge in [0.2, 0.25) is 0 Å². The fraction of sp³-hybridized carbons (Fsp3) is 0.0149. The molecule has 0 spiro atoms. The zero-order chi connectivity index (χ0) is 45.5. The van der Waals surface area contributed by atoms with E-state index in [0.29, 0.717) is 0 Å². The molecule has 0 atom stereocenters. The van der Waals surface area contributed by atoms with Gasteiger partial charge in [-0.05, 0) is 103 Å². The Kier molecular flexibility index (Phi) is 8.84. The molecule has 0 bridgehead atoms. The van der Waals surface area contributed by atoms with Gasteiger partial charge in [-0.3, -0.25) is 0 Å². The smallest absolute Gasteiger partial charge is 0.0714 e. The second-order valence-corrected chi connectivity index (χ2v) is 18.4. The van der Waals surface area contributed by atoms with Crippen molar-refractivity contribution in [3.63, 3.8) is 0 Å². The van der Waals surface area contributed by atoms with Gasteiger partial charge in [0, 0.05) is 38.5 Å². The van der Waals surface area contributed by atoms with Crippen molar-refractivity contribution < 1.29 is 0 Å². The first-order valence-electron chi connectivity index (χ1n) is 23.9. The zero-order valence-corrected chi connectivity index (χ0v) is 37.8. The standard InChI is InChI=1S/C67H44N2/c1-4-21-49(22-5-1)67(50-23-6-2-7-24-50)60-32-17-16-31-59(60)65-61(67)33-18-34-62(65)68(63-44-48-20-11-12-27-53(48)55-29-14-15-30-56(55)63)52-39-35-45(36-40-52)47-38-41-57-58-42-37-46-19-10-13-28-54(46)66(58)69(64(57)43-47)51-25-8-3-9-26-51/h1-44H. The minimum atomic E-state index is -0.529. The highest BCUT2D eigenvalue weighted by atomic mass is 15.1. The molecule has 322 valence electrons. The Morgan fingerprint density at radius 2 is 0.913 bits per heavy atom. The summed E-state index contributed by atoms with van der Waals surface area (Å²) in [6.07, 6.45) is 0. The summed E-state index contributed by atoms with van der Waals surface area (Å²) in [5.74, 6) is 0. The summed E-state index contributed by atoms with van der Waals surface area (Å²) in [7, 11) is 0. The third-order valence-electron chi connectivity index (χ3n) is 14.8. The molecule has 0 N–H and O–H groups in total. The monoisotopic (exact) mass is 876 g/mol. The molecule has 0 saturated heterocycles. The number of fused-ring (bicyclic) bond motifs is 11. The molecule has 0 unspecified atom stereocenters. The van der Waals surface area contributed by atoms with Gasteiger partial charge in [-0.25, -0.2) is 0 Å². The van der Waals surface area contributed by atoms with Crippen LogP contribution in [-0.4, -0.2) is 4.57 Å². The predicted molar refractivity (Wildman–Crippen MR) is 291 cm³/mol. The third kappa shape index (κ3) is 5.86. The van der Waals surface area contributed by atoms with Gasteiger partial charge >= 0.3 is 0 Å². The maximum Gasteiger partial charge on any atom is 0.0714 e. The van der Waals surface area contributed by atoms with E-state index in [2.05, 4.69) is 276 Å². The van der Waals surface area contributed by atoms with E-state index < -0.39 is 5.41 Å². The predicted octanol–water partition coefficient (Wildman–Crippen LogP) is 17.7. The Hall–Kier alpha value is -8.98. The Bertz CT molecular complexity index is 4070. The topological polar surface area (TPSA) is 8.17 Å².